The summed E-state index contributed by atoms with van der Waals surface area (Å²) in [7, 11) is 0. The SMILES string of the molecule is CCCOc1nc(N(CC)C2CCCCC2)ccc1N. The monoisotopic (exact) mass is 277 g/mol. The van der Waals surface area contributed by atoms with E-state index in [1.807, 2.05) is 12.1 Å². The van der Waals surface area contributed by atoms with Crippen molar-refractivity contribution in [2.24, 2.45) is 0 Å². The van der Waals surface area contributed by atoms with Crippen LogP contribution in [0.1, 0.15) is 52.4 Å². The molecule has 0 atom stereocenters. The van der Waals surface area contributed by atoms with Gasteiger partial charge in [-0.15, -0.1) is 0 Å². The molecule has 1 saturated carbocycles. The van der Waals surface area contributed by atoms with Gasteiger partial charge in [0.2, 0.25) is 5.88 Å². The topological polar surface area (TPSA) is 51.4 Å². The summed E-state index contributed by atoms with van der Waals surface area (Å²) >= 11 is 0. The van der Waals surface area contributed by atoms with Gasteiger partial charge in [0, 0.05) is 12.6 Å². The maximum absolute atomic E-state index is 5.94. The van der Waals surface area contributed by atoms with Gasteiger partial charge in [0.15, 0.2) is 0 Å². The van der Waals surface area contributed by atoms with Gasteiger partial charge in [-0.2, -0.15) is 4.98 Å². The number of rotatable bonds is 6. The van der Waals surface area contributed by atoms with Gasteiger partial charge in [-0.05, 0) is 38.3 Å². The minimum atomic E-state index is 0.582. The zero-order valence-electron chi connectivity index (χ0n) is 12.8. The number of hydrogen-bond donors (Lipinski definition) is 1. The highest BCUT2D eigenvalue weighted by molar-refractivity contribution is 5.55. The lowest BCUT2D eigenvalue weighted by atomic mass is 9.94. The average Bonchev–Trinajstić information content (AvgIpc) is 2.49. The van der Waals surface area contributed by atoms with Crippen molar-refractivity contribution in [3.05, 3.63) is 12.1 Å². The van der Waals surface area contributed by atoms with Crippen LogP contribution in [0.25, 0.3) is 0 Å². The summed E-state index contributed by atoms with van der Waals surface area (Å²) in [6.45, 7) is 5.92. The van der Waals surface area contributed by atoms with Gasteiger partial charge in [-0.1, -0.05) is 26.2 Å². The Morgan fingerprint density at radius 3 is 2.65 bits per heavy atom. The van der Waals surface area contributed by atoms with E-state index in [0.717, 1.165) is 18.8 Å². The van der Waals surface area contributed by atoms with Crippen LogP contribution in [0.4, 0.5) is 11.5 Å². The zero-order chi connectivity index (χ0) is 14.4. The first-order chi connectivity index (χ1) is 9.76. The van der Waals surface area contributed by atoms with E-state index < -0.39 is 0 Å². The molecular formula is C16H27N3O. The van der Waals surface area contributed by atoms with Crippen LogP contribution < -0.4 is 15.4 Å². The Balaban J connectivity index is 2.16. The Bertz CT molecular complexity index is 416. The molecule has 20 heavy (non-hydrogen) atoms. The lowest BCUT2D eigenvalue weighted by molar-refractivity contribution is 0.306. The van der Waals surface area contributed by atoms with E-state index in [1.165, 1.54) is 32.1 Å². The molecular weight excluding hydrogens is 250 g/mol. The van der Waals surface area contributed by atoms with Crippen LogP contribution >= 0.6 is 0 Å². The van der Waals surface area contributed by atoms with Crippen LogP contribution in [0.3, 0.4) is 0 Å². The number of anilines is 2. The average molecular weight is 277 g/mol. The second-order valence-corrected chi connectivity index (χ2v) is 5.49. The molecule has 1 aliphatic carbocycles. The number of hydrogen-bond acceptors (Lipinski definition) is 4. The lowest BCUT2D eigenvalue weighted by Crippen LogP contribution is -2.37. The molecule has 4 heteroatoms. The Morgan fingerprint density at radius 2 is 2.00 bits per heavy atom. The standard InChI is InChI=1S/C16H27N3O/c1-3-12-20-16-14(17)10-11-15(18-16)19(4-2)13-8-6-5-7-9-13/h10-11,13H,3-9,12,17H2,1-2H3. The third-order valence-electron chi connectivity index (χ3n) is 3.97. The van der Waals surface area contributed by atoms with E-state index in [9.17, 15) is 0 Å². The highest BCUT2D eigenvalue weighted by Crippen LogP contribution is 2.29. The number of nitrogens with zero attached hydrogens (tertiary/aromatic N) is 2. The van der Waals surface area contributed by atoms with Crippen LogP contribution in [0.2, 0.25) is 0 Å². The first-order valence-electron chi connectivity index (χ1n) is 7.92. The molecule has 2 N–H and O–H groups in total. The molecule has 1 aromatic rings. The van der Waals surface area contributed by atoms with Crippen LogP contribution in [0.15, 0.2) is 12.1 Å². The first-order valence-corrected chi connectivity index (χ1v) is 7.92. The molecule has 0 saturated heterocycles. The third-order valence-corrected chi connectivity index (χ3v) is 3.97. The van der Waals surface area contributed by atoms with Crippen molar-refractivity contribution < 1.29 is 4.74 Å². The fourth-order valence-electron chi connectivity index (χ4n) is 2.92. The molecule has 112 valence electrons. The molecule has 1 heterocycles. The van der Waals surface area contributed by atoms with E-state index in [0.29, 0.717) is 24.2 Å². The largest absolute Gasteiger partial charge is 0.476 e. The van der Waals surface area contributed by atoms with Crippen molar-refractivity contribution in [2.75, 3.05) is 23.8 Å². The highest BCUT2D eigenvalue weighted by Gasteiger charge is 2.21. The van der Waals surface area contributed by atoms with Gasteiger partial charge >= 0.3 is 0 Å². The fourth-order valence-corrected chi connectivity index (χ4v) is 2.92. The second-order valence-electron chi connectivity index (χ2n) is 5.49. The third kappa shape index (κ3) is 3.56. The number of ether oxygens (including phenoxy) is 1. The van der Waals surface area contributed by atoms with Crippen molar-refractivity contribution in [3.63, 3.8) is 0 Å². The van der Waals surface area contributed by atoms with Crippen molar-refractivity contribution >= 4 is 11.5 Å². The summed E-state index contributed by atoms with van der Waals surface area (Å²) < 4.78 is 5.65. The van der Waals surface area contributed by atoms with Crippen LogP contribution in [0.5, 0.6) is 5.88 Å². The van der Waals surface area contributed by atoms with Crippen molar-refractivity contribution in [2.45, 2.75) is 58.4 Å². The Morgan fingerprint density at radius 1 is 1.25 bits per heavy atom. The number of nitrogen functional groups attached to an aromatic ring is 1. The molecule has 0 unspecified atom stereocenters. The van der Waals surface area contributed by atoms with Crippen LogP contribution in [-0.2, 0) is 0 Å². The molecule has 4 nitrogen and oxygen atoms in total. The van der Waals surface area contributed by atoms with Crippen LogP contribution in [-0.4, -0.2) is 24.2 Å². The molecule has 1 aromatic heterocycles. The zero-order valence-corrected chi connectivity index (χ0v) is 12.8. The molecule has 1 fully saturated rings. The van der Waals surface area contributed by atoms with Gasteiger partial charge in [-0.25, -0.2) is 0 Å². The van der Waals surface area contributed by atoms with Gasteiger partial charge in [0.05, 0.1) is 12.3 Å². The van der Waals surface area contributed by atoms with Crippen LogP contribution in [0, 0.1) is 0 Å². The summed E-state index contributed by atoms with van der Waals surface area (Å²) in [5, 5.41) is 0. The van der Waals surface area contributed by atoms with Crippen molar-refractivity contribution in [3.8, 4) is 5.88 Å². The van der Waals surface area contributed by atoms with E-state index in [4.69, 9.17) is 10.5 Å². The van der Waals surface area contributed by atoms with E-state index in [2.05, 4.69) is 23.7 Å². The summed E-state index contributed by atoms with van der Waals surface area (Å²) in [4.78, 5) is 7.04. The number of pyridine rings is 1. The summed E-state index contributed by atoms with van der Waals surface area (Å²) in [6, 6.07) is 4.55. The quantitative estimate of drug-likeness (QED) is 0.863. The van der Waals surface area contributed by atoms with Gasteiger partial charge in [-0.3, -0.25) is 0 Å². The summed E-state index contributed by atoms with van der Waals surface area (Å²) in [5.74, 6) is 1.58. The molecule has 0 radical (unpaired) electrons. The molecule has 0 spiro atoms. The van der Waals surface area contributed by atoms with Gasteiger partial charge in [0.1, 0.15) is 5.82 Å². The maximum Gasteiger partial charge on any atom is 0.239 e. The number of nitrogens with two attached hydrogens (primary N) is 1. The van der Waals surface area contributed by atoms with Crippen molar-refractivity contribution in [1.29, 1.82) is 0 Å². The van der Waals surface area contributed by atoms with Gasteiger partial charge < -0.3 is 15.4 Å². The fraction of sp³-hybridized carbons (Fsp3) is 0.688. The first kappa shape index (κ1) is 14.9. The lowest BCUT2D eigenvalue weighted by Gasteiger charge is -2.34. The van der Waals surface area contributed by atoms with E-state index in [-0.39, 0.29) is 0 Å². The number of aromatic nitrogens is 1. The molecule has 0 aliphatic heterocycles. The van der Waals surface area contributed by atoms with Crippen molar-refractivity contribution in [1.82, 2.24) is 4.98 Å². The predicted octanol–water partition coefficient (Wildman–Crippen LogP) is 3.61. The normalized spacial score (nSPS) is 16.1. The summed E-state index contributed by atoms with van der Waals surface area (Å²) in [5.41, 5.74) is 6.57. The minimum absolute atomic E-state index is 0.582. The molecule has 2 rings (SSSR count). The Hall–Kier alpha value is -1.45. The predicted molar refractivity (Wildman–Crippen MR) is 84.3 cm³/mol. The Labute approximate surface area is 122 Å². The summed E-state index contributed by atoms with van der Waals surface area (Å²) in [6.07, 6.45) is 7.53. The molecule has 1 aliphatic rings. The second kappa shape index (κ2) is 7.36. The molecule has 0 bridgehead atoms. The smallest absolute Gasteiger partial charge is 0.239 e. The molecule has 0 amide bonds. The minimum Gasteiger partial charge on any atom is -0.476 e. The maximum atomic E-state index is 5.94. The van der Waals surface area contributed by atoms with Gasteiger partial charge in [0.25, 0.3) is 0 Å². The van der Waals surface area contributed by atoms with E-state index >= 15 is 0 Å². The van der Waals surface area contributed by atoms with E-state index in [1.54, 1.807) is 0 Å². The Kier molecular flexibility index (Phi) is 5.50. The highest BCUT2D eigenvalue weighted by atomic mass is 16.5. The molecule has 0 aromatic carbocycles.